The van der Waals surface area contributed by atoms with Crippen LogP contribution < -0.4 is 4.90 Å². The van der Waals surface area contributed by atoms with Gasteiger partial charge in [0.1, 0.15) is 11.7 Å². The quantitative estimate of drug-likeness (QED) is 0.459. The van der Waals surface area contributed by atoms with Crippen molar-refractivity contribution in [1.29, 1.82) is 0 Å². The van der Waals surface area contributed by atoms with E-state index in [9.17, 15) is 14.4 Å². The molecule has 0 N–H and O–H groups in total. The fraction of sp³-hybridized carbons (Fsp3) is 0.393. The number of carbonyl (C=O) groups is 3. The molecule has 0 radical (unpaired) electrons. The summed E-state index contributed by atoms with van der Waals surface area (Å²) in [5.74, 6) is -1.19. The molecule has 0 saturated heterocycles. The molecule has 0 bridgehead atoms. The minimum absolute atomic E-state index is 0.0704. The molecular formula is C28H29NO5. The molecule has 0 fully saturated rings. The van der Waals surface area contributed by atoms with E-state index in [4.69, 9.17) is 9.47 Å². The van der Waals surface area contributed by atoms with Crippen LogP contribution in [0.4, 0.5) is 5.69 Å². The van der Waals surface area contributed by atoms with Crippen molar-refractivity contribution in [2.45, 2.75) is 58.0 Å². The largest absolute Gasteiger partial charge is 0.466 e. The van der Waals surface area contributed by atoms with Gasteiger partial charge in [0.15, 0.2) is 5.78 Å². The Balaban J connectivity index is 1.53. The predicted molar refractivity (Wildman–Crippen MR) is 129 cm³/mol. The van der Waals surface area contributed by atoms with Crippen molar-refractivity contribution in [3.63, 3.8) is 0 Å². The van der Waals surface area contributed by atoms with Crippen LogP contribution in [-0.4, -0.2) is 37.0 Å². The molecule has 1 unspecified atom stereocenters. The zero-order valence-electron chi connectivity index (χ0n) is 19.8. The molecule has 3 aliphatic rings. The number of esters is 2. The molecule has 0 aromatic heterocycles. The van der Waals surface area contributed by atoms with E-state index in [0.717, 1.165) is 17.8 Å². The average molecular weight is 460 g/mol. The molecule has 176 valence electrons. The van der Waals surface area contributed by atoms with E-state index in [2.05, 4.69) is 49.1 Å². The maximum Gasteiger partial charge on any atom is 0.342 e. The number of benzene rings is 2. The summed E-state index contributed by atoms with van der Waals surface area (Å²) in [6, 6.07) is 12.7. The standard InChI is InChI=1S/C28H29NO5/c1-4-33-24(31)11-7-10-22(30)19-16-20-23(34-27(19)32)14-15-29-21-13-12-17-8-5-6-9-18(17)25(21)28(2,3)26(20)29/h5-6,8-9,12-13,16,23H,4,7,10-11,14-15H2,1-3H3. The van der Waals surface area contributed by atoms with Gasteiger partial charge in [0, 0.05) is 48.2 Å². The Morgan fingerprint density at radius 2 is 1.94 bits per heavy atom. The van der Waals surface area contributed by atoms with Gasteiger partial charge in [0.05, 0.1) is 6.61 Å². The minimum Gasteiger partial charge on any atom is -0.466 e. The number of rotatable bonds is 6. The van der Waals surface area contributed by atoms with E-state index in [1.807, 2.05) is 6.07 Å². The lowest BCUT2D eigenvalue weighted by Crippen LogP contribution is -2.41. The maximum absolute atomic E-state index is 12.9. The van der Waals surface area contributed by atoms with Crippen molar-refractivity contribution >= 4 is 34.2 Å². The number of ketones is 1. The van der Waals surface area contributed by atoms with Gasteiger partial charge in [-0.3, -0.25) is 9.59 Å². The summed E-state index contributed by atoms with van der Waals surface area (Å²) >= 11 is 0. The summed E-state index contributed by atoms with van der Waals surface area (Å²) in [5.41, 5.74) is 4.20. The Morgan fingerprint density at radius 1 is 1.15 bits per heavy atom. The minimum atomic E-state index is -0.567. The number of anilines is 1. The van der Waals surface area contributed by atoms with Crippen molar-refractivity contribution in [2.75, 3.05) is 18.1 Å². The smallest absolute Gasteiger partial charge is 0.342 e. The van der Waals surface area contributed by atoms with Gasteiger partial charge in [-0.2, -0.15) is 0 Å². The number of ether oxygens (including phenoxy) is 2. The van der Waals surface area contributed by atoms with Crippen molar-refractivity contribution in [3.8, 4) is 0 Å². The van der Waals surface area contributed by atoms with Gasteiger partial charge in [-0.15, -0.1) is 0 Å². The SMILES string of the molecule is CCOC(=O)CCCC(=O)C1=CC2=C3N(CCC2OC1=O)c1ccc2ccccc2c1C3(C)C. The van der Waals surface area contributed by atoms with Crippen LogP contribution in [0.15, 0.2) is 59.3 Å². The molecule has 34 heavy (non-hydrogen) atoms. The van der Waals surface area contributed by atoms with E-state index < -0.39 is 5.97 Å². The molecule has 5 rings (SSSR count). The lowest BCUT2D eigenvalue weighted by molar-refractivity contribution is -0.145. The number of hydrogen-bond acceptors (Lipinski definition) is 6. The molecule has 0 saturated carbocycles. The van der Waals surface area contributed by atoms with E-state index in [0.29, 0.717) is 19.4 Å². The number of nitrogens with zero attached hydrogens (tertiary/aromatic N) is 1. The highest BCUT2D eigenvalue weighted by Gasteiger charge is 2.48. The molecule has 2 aromatic rings. The Labute approximate surface area is 199 Å². The van der Waals surface area contributed by atoms with Crippen molar-refractivity contribution < 1.29 is 23.9 Å². The molecule has 0 spiro atoms. The number of allylic oxidation sites excluding steroid dienone is 1. The first-order valence-electron chi connectivity index (χ1n) is 12.0. The zero-order chi connectivity index (χ0) is 24.0. The molecule has 1 atom stereocenters. The second-order valence-electron chi connectivity index (χ2n) is 9.58. The topological polar surface area (TPSA) is 72.9 Å². The van der Waals surface area contributed by atoms with Gasteiger partial charge in [-0.25, -0.2) is 4.79 Å². The highest BCUT2D eigenvalue weighted by Crippen LogP contribution is 2.54. The van der Waals surface area contributed by atoms with Crippen molar-refractivity contribution in [2.24, 2.45) is 0 Å². The van der Waals surface area contributed by atoms with Gasteiger partial charge >= 0.3 is 11.9 Å². The number of hydrogen-bond donors (Lipinski definition) is 0. The van der Waals surface area contributed by atoms with Crippen LogP contribution in [0, 0.1) is 0 Å². The molecule has 3 heterocycles. The third kappa shape index (κ3) is 3.52. The highest BCUT2D eigenvalue weighted by molar-refractivity contribution is 6.18. The lowest BCUT2D eigenvalue weighted by Gasteiger charge is -2.38. The monoisotopic (exact) mass is 459 g/mol. The molecule has 0 aliphatic carbocycles. The summed E-state index contributed by atoms with van der Waals surface area (Å²) in [6.45, 7) is 7.22. The number of Topliss-reactive ketones (excluding diaryl/α,β-unsaturated/α-hetero) is 1. The molecule has 2 aromatic carbocycles. The average Bonchev–Trinajstić information content (AvgIpc) is 3.06. The van der Waals surface area contributed by atoms with Gasteiger partial charge in [-0.05, 0) is 41.8 Å². The van der Waals surface area contributed by atoms with Crippen molar-refractivity contribution in [3.05, 3.63) is 64.9 Å². The predicted octanol–water partition coefficient (Wildman–Crippen LogP) is 4.75. The summed E-state index contributed by atoms with van der Waals surface area (Å²) in [5, 5.41) is 2.41. The van der Waals surface area contributed by atoms with Gasteiger partial charge in [0.25, 0.3) is 0 Å². The zero-order valence-corrected chi connectivity index (χ0v) is 19.8. The molecule has 6 heteroatoms. The Morgan fingerprint density at radius 3 is 2.74 bits per heavy atom. The third-order valence-electron chi connectivity index (χ3n) is 7.08. The van der Waals surface area contributed by atoms with Crippen LogP contribution in [0.5, 0.6) is 0 Å². The van der Waals surface area contributed by atoms with Crippen LogP contribution in [0.2, 0.25) is 0 Å². The summed E-state index contributed by atoms with van der Waals surface area (Å²) in [4.78, 5) is 39.5. The summed E-state index contributed by atoms with van der Waals surface area (Å²) in [6.07, 6.45) is 2.67. The number of fused-ring (bicyclic) bond motifs is 6. The van der Waals surface area contributed by atoms with Crippen LogP contribution in [0.25, 0.3) is 10.8 Å². The van der Waals surface area contributed by atoms with E-state index in [1.165, 1.54) is 22.0 Å². The maximum atomic E-state index is 12.9. The highest BCUT2D eigenvalue weighted by atomic mass is 16.5. The first-order valence-corrected chi connectivity index (χ1v) is 12.0. The first-order chi connectivity index (χ1) is 16.3. The normalized spacial score (nSPS) is 20.3. The molecule has 3 aliphatic heterocycles. The fourth-order valence-corrected chi connectivity index (χ4v) is 5.67. The van der Waals surface area contributed by atoms with Crippen LogP contribution in [-0.2, 0) is 29.3 Å². The van der Waals surface area contributed by atoms with E-state index in [1.54, 1.807) is 13.0 Å². The lowest BCUT2D eigenvalue weighted by atomic mass is 9.77. The summed E-state index contributed by atoms with van der Waals surface area (Å²) < 4.78 is 10.7. The van der Waals surface area contributed by atoms with Gasteiger partial charge in [0.2, 0.25) is 0 Å². The van der Waals surface area contributed by atoms with Gasteiger partial charge < -0.3 is 14.4 Å². The fourth-order valence-electron chi connectivity index (χ4n) is 5.67. The Bertz CT molecular complexity index is 1270. The van der Waals surface area contributed by atoms with Gasteiger partial charge in [-0.1, -0.05) is 44.2 Å². The van der Waals surface area contributed by atoms with Crippen LogP contribution in [0.1, 0.15) is 52.0 Å². The third-order valence-corrected chi connectivity index (χ3v) is 7.08. The van der Waals surface area contributed by atoms with Crippen molar-refractivity contribution in [1.82, 2.24) is 0 Å². The van der Waals surface area contributed by atoms with Crippen LogP contribution >= 0.6 is 0 Å². The molecular weight excluding hydrogens is 430 g/mol. The molecule has 0 amide bonds. The number of carbonyl (C=O) groups excluding carboxylic acids is 3. The summed E-state index contributed by atoms with van der Waals surface area (Å²) in [7, 11) is 0. The Kier molecular flexibility index (Phi) is 5.54. The van der Waals surface area contributed by atoms with E-state index >= 15 is 0 Å². The van der Waals surface area contributed by atoms with E-state index in [-0.39, 0.29) is 41.7 Å². The second kappa shape index (κ2) is 8.42. The molecule has 6 nitrogen and oxygen atoms in total. The Hall–Kier alpha value is -3.41. The first kappa shape index (κ1) is 22.4. The second-order valence-corrected chi connectivity index (χ2v) is 9.58. The van der Waals surface area contributed by atoms with Crippen LogP contribution in [0.3, 0.4) is 0 Å².